The molecule has 0 saturated heterocycles. The van der Waals surface area contributed by atoms with Crippen LogP contribution in [0.1, 0.15) is 34.9 Å². The minimum absolute atomic E-state index is 0.0816. The largest absolute Gasteiger partial charge is 0.477 e. The van der Waals surface area contributed by atoms with Crippen LogP contribution in [0.4, 0.5) is 0 Å². The first-order chi connectivity index (χ1) is 10.7. The summed E-state index contributed by atoms with van der Waals surface area (Å²) in [7, 11) is 0. The fourth-order valence-electron chi connectivity index (χ4n) is 2.59. The molecule has 3 aromatic rings. The maximum Gasteiger partial charge on any atom is 0.353 e. The minimum atomic E-state index is -1.02. The molecule has 0 atom stereocenters. The van der Waals surface area contributed by atoms with Gasteiger partial charge in [0.05, 0.1) is 11.4 Å². The van der Waals surface area contributed by atoms with Crippen LogP contribution in [0.15, 0.2) is 42.6 Å². The number of nitrogens with one attached hydrogen (secondary N) is 1. The Kier molecular flexibility index (Phi) is 2.82. The Bertz CT molecular complexity index is 845. The van der Waals surface area contributed by atoms with Crippen molar-refractivity contribution in [3.05, 3.63) is 54.0 Å². The molecule has 22 heavy (non-hydrogen) atoms. The van der Waals surface area contributed by atoms with E-state index in [0.29, 0.717) is 11.6 Å². The lowest BCUT2D eigenvalue weighted by atomic mass is 10.1. The quantitative estimate of drug-likeness (QED) is 0.775. The fourth-order valence-corrected chi connectivity index (χ4v) is 2.59. The van der Waals surface area contributed by atoms with Gasteiger partial charge in [-0.05, 0) is 37.1 Å². The van der Waals surface area contributed by atoms with Crippen molar-refractivity contribution in [3.63, 3.8) is 0 Å². The van der Waals surface area contributed by atoms with Gasteiger partial charge in [0.25, 0.3) is 0 Å². The molecule has 1 aromatic carbocycles. The van der Waals surface area contributed by atoms with E-state index in [1.807, 2.05) is 35.1 Å². The first-order valence-electron chi connectivity index (χ1n) is 7.16. The van der Waals surface area contributed by atoms with E-state index in [-0.39, 0.29) is 5.69 Å². The first-order valence-corrected chi connectivity index (χ1v) is 7.16. The molecule has 0 bridgehead atoms. The van der Waals surface area contributed by atoms with E-state index in [2.05, 4.69) is 21.4 Å². The molecule has 4 rings (SSSR count). The fraction of sp³-hybridized carbons (Fsp3) is 0.188. The highest BCUT2D eigenvalue weighted by molar-refractivity contribution is 5.86. The van der Waals surface area contributed by atoms with Gasteiger partial charge in [-0.25, -0.2) is 9.48 Å². The van der Waals surface area contributed by atoms with E-state index in [1.54, 1.807) is 0 Å². The Balaban J connectivity index is 1.73. The standard InChI is InChI=1S/C16H14N4O2/c21-16(22)14-9-13(18-19-14)11-2-1-3-12(8-11)20-15(6-7-17-20)10-4-5-10/h1-3,6-10H,4-5H2,(H,18,19)(H,21,22). The number of aromatic nitrogens is 4. The SMILES string of the molecule is O=C(O)c1cc(-c2cccc(-n3nccc3C3CC3)c2)n[nH]1. The third-order valence-corrected chi connectivity index (χ3v) is 3.86. The minimum Gasteiger partial charge on any atom is -0.477 e. The van der Waals surface area contributed by atoms with Gasteiger partial charge in [0.1, 0.15) is 5.69 Å². The normalized spacial score (nSPS) is 14.2. The second-order valence-corrected chi connectivity index (χ2v) is 5.46. The van der Waals surface area contributed by atoms with Gasteiger partial charge in [-0.3, -0.25) is 5.10 Å². The summed E-state index contributed by atoms with van der Waals surface area (Å²) in [4.78, 5) is 10.9. The lowest BCUT2D eigenvalue weighted by molar-refractivity contribution is 0.0690. The van der Waals surface area contributed by atoms with Crippen molar-refractivity contribution in [1.82, 2.24) is 20.0 Å². The maximum absolute atomic E-state index is 10.9. The molecular weight excluding hydrogens is 280 g/mol. The van der Waals surface area contributed by atoms with Gasteiger partial charge >= 0.3 is 5.97 Å². The molecule has 6 nitrogen and oxygen atoms in total. The average Bonchev–Trinajstić information content (AvgIpc) is 3.06. The van der Waals surface area contributed by atoms with Crippen molar-refractivity contribution in [2.75, 3.05) is 0 Å². The van der Waals surface area contributed by atoms with Crippen molar-refractivity contribution in [3.8, 4) is 16.9 Å². The average molecular weight is 294 g/mol. The van der Waals surface area contributed by atoms with Gasteiger partial charge in [-0.15, -0.1) is 0 Å². The van der Waals surface area contributed by atoms with E-state index >= 15 is 0 Å². The molecule has 1 fully saturated rings. The van der Waals surface area contributed by atoms with Crippen LogP contribution >= 0.6 is 0 Å². The predicted molar refractivity (Wildman–Crippen MR) is 80.1 cm³/mol. The lowest BCUT2D eigenvalue weighted by Gasteiger charge is -2.07. The van der Waals surface area contributed by atoms with E-state index in [4.69, 9.17) is 5.11 Å². The smallest absolute Gasteiger partial charge is 0.353 e. The second-order valence-electron chi connectivity index (χ2n) is 5.46. The van der Waals surface area contributed by atoms with Crippen LogP contribution in [0.25, 0.3) is 16.9 Å². The van der Waals surface area contributed by atoms with Gasteiger partial charge in [-0.1, -0.05) is 12.1 Å². The lowest BCUT2D eigenvalue weighted by Crippen LogP contribution is -2.01. The van der Waals surface area contributed by atoms with Crippen LogP contribution in [0.2, 0.25) is 0 Å². The predicted octanol–water partition coefficient (Wildman–Crippen LogP) is 2.84. The number of benzene rings is 1. The molecule has 6 heteroatoms. The van der Waals surface area contributed by atoms with E-state index in [0.717, 1.165) is 11.3 Å². The molecule has 0 spiro atoms. The van der Waals surface area contributed by atoms with E-state index in [9.17, 15) is 4.79 Å². The van der Waals surface area contributed by atoms with E-state index in [1.165, 1.54) is 24.6 Å². The van der Waals surface area contributed by atoms with Crippen molar-refractivity contribution >= 4 is 5.97 Å². The van der Waals surface area contributed by atoms with Crippen molar-refractivity contribution in [2.45, 2.75) is 18.8 Å². The highest BCUT2D eigenvalue weighted by Crippen LogP contribution is 2.40. The molecule has 0 radical (unpaired) electrons. The number of aromatic amines is 1. The number of H-pyrrole nitrogens is 1. The molecule has 1 saturated carbocycles. The molecule has 2 aromatic heterocycles. The molecule has 0 unspecified atom stereocenters. The molecule has 1 aliphatic rings. The zero-order valence-corrected chi connectivity index (χ0v) is 11.7. The maximum atomic E-state index is 10.9. The van der Waals surface area contributed by atoms with Crippen molar-refractivity contribution in [2.24, 2.45) is 0 Å². The molecule has 0 amide bonds. The molecular formula is C16H14N4O2. The Hall–Kier alpha value is -2.89. The second kappa shape index (κ2) is 4.84. The van der Waals surface area contributed by atoms with E-state index < -0.39 is 5.97 Å². The topological polar surface area (TPSA) is 83.8 Å². The number of carboxylic acid groups (broad SMARTS) is 1. The number of aromatic carboxylic acids is 1. The van der Waals surface area contributed by atoms with Gasteiger partial charge in [0, 0.05) is 23.4 Å². The van der Waals surface area contributed by atoms with Crippen LogP contribution in [0.5, 0.6) is 0 Å². The number of carboxylic acids is 1. The highest BCUT2D eigenvalue weighted by Gasteiger charge is 2.27. The van der Waals surface area contributed by atoms with Crippen LogP contribution in [0.3, 0.4) is 0 Å². The Morgan fingerprint density at radius 2 is 2.14 bits per heavy atom. The number of hydrogen-bond acceptors (Lipinski definition) is 3. The summed E-state index contributed by atoms with van der Waals surface area (Å²) in [6.45, 7) is 0. The van der Waals surface area contributed by atoms with Gasteiger partial charge in [0.15, 0.2) is 0 Å². The van der Waals surface area contributed by atoms with Crippen LogP contribution in [-0.4, -0.2) is 31.1 Å². The Morgan fingerprint density at radius 1 is 1.27 bits per heavy atom. The third kappa shape index (κ3) is 2.18. The number of rotatable bonds is 4. The molecule has 2 heterocycles. The summed E-state index contributed by atoms with van der Waals surface area (Å²) >= 11 is 0. The van der Waals surface area contributed by atoms with Gasteiger partial charge < -0.3 is 5.11 Å². The summed E-state index contributed by atoms with van der Waals surface area (Å²) in [6, 6.07) is 11.4. The highest BCUT2D eigenvalue weighted by atomic mass is 16.4. The summed E-state index contributed by atoms with van der Waals surface area (Å²) in [5, 5.41) is 20.0. The van der Waals surface area contributed by atoms with Gasteiger partial charge in [-0.2, -0.15) is 10.2 Å². The number of hydrogen-bond donors (Lipinski definition) is 2. The number of carbonyl (C=O) groups is 1. The zero-order valence-electron chi connectivity index (χ0n) is 11.7. The van der Waals surface area contributed by atoms with Crippen molar-refractivity contribution < 1.29 is 9.90 Å². The zero-order chi connectivity index (χ0) is 15.1. The Labute approximate surface area is 126 Å². The third-order valence-electron chi connectivity index (χ3n) is 3.86. The van der Waals surface area contributed by atoms with Gasteiger partial charge in [0.2, 0.25) is 0 Å². The van der Waals surface area contributed by atoms with Crippen LogP contribution < -0.4 is 0 Å². The summed E-state index contributed by atoms with van der Waals surface area (Å²) < 4.78 is 1.95. The molecule has 0 aliphatic heterocycles. The summed E-state index contributed by atoms with van der Waals surface area (Å²) in [5.41, 5.74) is 3.74. The Morgan fingerprint density at radius 3 is 2.86 bits per heavy atom. The first kappa shape index (κ1) is 12.8. The summed E-state index contributed by atoms with van der Waals surface area (Å²) in [5.74, 6) is -0.409. The molecule has 2 N–H and O–H groups in total. The number of nitrogens with zero attached hydrogens (tertiary/aromatic N) is 3. The van der Waals surface area contributed by atoms with Crippen LogP contribution in [-0.2, 0) is 0 Å². The van der Waals surface area contributed by atoms with Crippen molar-refractivity contribution in [1.29, 1.82) is 0 Å². The monoisotopic (exact) mass is 294 g/mol. The summed E-state index contributed by atoms with van der Waals surface area (Å²) in [6.07, 6.45) is 4.25. The van der Waals surface area contributed by atoms with Crippen LogP contribution in [0, 0.1) is 0 Å². The molecule has 1 aliphatic carbocycles. The molecule has 110 valence electrons.